The Balaban J connectivity index is 3.09. The van der Waals surface area contributed by atoms with E-state index in [-0.39, 0.29) is 11.8 Å². The first-order chi connectivity index (χ1) is 6.13. The zero-order chi connectivity index (χ0) is 11.3. The largest absolute Gasteiger partial charge is 0.392 e. The Morgan fingerprint density at radius 3 is 1.57 bits per heavy atom. The molecule has 0 aliphatic carbocycles. The van der Waals surface area contributed by atoms with Gasteiger partial charge in [-0.25, -0.2) is 0 Å². The van der Waals surface area contributed by atoms with Crippen molar-refractivity contribution in [3.63, 3.8) is 0 Å². The maximum Gasteiger partial charge on any atom is 0.0627 e. The van der Waals surface area contributed by atoms with E-state index in [1.807, 2.05) is 41.5 Å². The lowest BCUT2D eigenvalue weighted by Gasteiger charge is -2.56. The molecule has 3 nitrogen and oxygen atoms in total. The predicted octanol–water partition coefficient (Wildman–Crippen LogP) is 1.84. The summed E-state index contributed by atoms with van der Waals surface area (Å²) in [6, 6.07) is 0. The van der Waals surface area contributed by atoms with E-state index in [0.717, 1.165) is 5.06 Å². The van der Waals surface area contributed by atoms with Crippen LogP contribution >= 0.6 is 0 Å². The van der Waals surface area contributed by atoms with Gasteiger partial charge >= 0.3 is 0 Å². The molecule has 1 heterocycles. The van der Waals surface area contributed by atoms with Crippen LogP contribution in [0.25, 0.3) is 0 Å². The Kier molecular flexibility index (Phi) is 2.72. The Labute approximate surface area is 86.7 Å². The number of hydroxylamine groups is 2. The van der Waals surface area contributed by atoms with E-state index >= 15 is 0 Å². The molecule has 0 aromatic carbocycles. The molecular weight excluding hydrogens is 178 g/mol. The van der Waals surface area contributed by atoms with Crippen molar-refractivity contribution in [1.82, 2.24) is 5.06 Å². The van der Waals surface area contributed by atoms with Gasteiger partial charge in [-0.05, 0) is 27.7 Å². The standard InChI is InChI=1S/C11H22NO2/c1-7-9(13)8(2)11(5,6)12(14)10(7,3)4/h7-9,13H,1-6H3. The lowest BCUT2D eigenvalue weighted by atomic mass is 9.67. The molecule has 0 spiro atoms. The van der Waals surface area contributed by atoms with E-state index in [4.69, 9.17) is 0 Å². The van der Waals surface area contributed by atoms with Gasteiger partial charge in [0.15, 0.2) is 0 Å². The maximum absolute atomic E-state index is 12.1. The van der Waals surface area contributed by atoms with Crippen LogP contribution in [0.1, 0.15) is 41.5 Å². The molecule has 1 rings (SSSR count). The number of nitrogens with zero attached hydrogens (tertiary/aromatic N) is 1. The van der Waals surface area contributed by atoms with Crippen LogP contribution in [-0.2, 0) is 5.21 Å². The average Bonchev–Trinajstić information content (AvgIpc) is 2.11. The van der Waals surface area contributed by atoms with Crippen molar-refractivity contribution < 1.29 is 10.3 Å². The first-order valence-corrected chi connectivity index (χ1v) is 5.29. The first-order valence-electron chi connectivity index (χ1n) is 5.29. The number of hydrogen-bond donors (Lipinski definition) is 1. The molecule has 1 aliphatic rings. The SMILES string of the molecule is CC1C(O)C(C)C(C)(C)N([O])C1(C)C. The van der Waals surface area contributed by atoms with Gasteiger partial charge in [0.05, 0.1) is 6.10 Å². The van der Waals surface area contributed by atoms with Crippen LogP contribution in [0.15, 0.2) is 0 Å². The molecular formula is C11H22NO2. The summed E-state index contributed by atoms with van der Waals surface area (Å²) in [5.74, 6) is 0.00560. The highest BCUT2D eigenvalue weighted by molar-refractivity contribution is 5.03. The molecule has 0 amide bonds. The Hall–Kier alpha value is -0.120. The molecule has 2 unspecified atom stereocenters. The van der Waals surface area contributed by atoms with Gasteiger partial charge in [0, 0.05) is 22.9 Å². The van der Waals surface area contributed by atoms with E-state index in [1.54, 1.807) is 0 Å². The predicted molar refractivity (Wildman–Crippen MR) is 55.0 cm³/mol. The van der Waals surface area contributed by atoms with Crippen LogP contribution in [0, 0.1) is 11.8 Å². The minimum atomic E-state index is -0.491. The van der Waals surface area contributed by atoms with E-state index in [1.165, 1.54) is 0 Å². The Bertz CT molecular complexity index is 203. The smallest absolute Gasteiger partial charge is 0.0627 e. The average molecular weight is 200 g/mol. The zero-order valence-corrected chi connectivity index (χ0v) is 10.0. The maximum atomic E-state index is 12.1. The lowest BCUT2D eigenvalue weighted by Crippen LogP contribution is -2.67. The summed E-state index contributed by atoms with van der Waals surface area (Å²) in [4.78, 5) is 0. The van der Waals surface area contributed by atoms with Gasteiger partial charge in [-0.15, -0.1) is 10.3 Å². The molecule has 3 heteroatoms. The molecule has 1 N–H and O–H groups in total. The summed E-state index contributed by atoms with van der Waals surface area (Å²) >= 11 is 0. The molecule has 1 fully saturated rings. The van der Waals surface area contributed by atoms with Gasteiger partial charge < -0.3 is 5.11 Å². The highest BCUT2D eigenvalue weighted by Crippen LogP contribution is 2.43. The number of rotatable bonds is 0. The first kappa shape index (κ1) is 12.0. The molecule has 1 aliphatic heterocycles. The molecule has 0 aromatic heterocycles. The highest BCUT2D eigenvalue weighted by Gasteiger charge is 2.54. The summed E-state index contributed by atoms with van der Waals surface area (Å²) < 4.78 is 0. The molecule has 14 heavy (non-hydrogen) atoms. The normalized spacial score (nSPS) is 42.4. The lowest BCUT2D eigenvalue weighted by molar-refractivity contribution is -0.329. The van der Waals surface area contributed by atoms with Crippen molar-refractivity contribution in [1.29, 1.82) is 0 Å². The Morgan fingerprint density at radius 2 is 1.29 bits per heavy atom. The summed E-state index contributed by atoms with van der Waals surface area (Å²) in [7, 11) is 0. The molecule has 83 valence electrons. The van der Waals surface area contributed by atoms with Crippen molar-refractivity contribution >= 4 is 0 Å². The molecule has 0 aromatic rings. The zero-order valence-electron chi connectivity index (χ0n) is 10.0. The quantitative estimate of drug-likeness (QED) is 0.648. The van der Waals surface area contributed by atoms with Gasteiger partial charge in [-0.2, -0.15) is 0 Å². The molecule has 0 bridgehead atoms. The van der Waals surface area contributed by atoms with Gasteiger partial charge in [-0.1, -0.05) is 13.8 Å². The minimum absolute atomic E-state index is 0.00280. The third-order valence-electron chi connectivity index (χ3n) is 4.30. The van der Waals surface area contributed by atoms with Crippen molar-refractivity contribution in [3.05, 3.63) is 0 Å². The third-order valence-corrected chi connectivity index (χ3v) is 4.30. The summed E-state index contributed by atoms with van der Waals surface area (Å²) in [6.45, 7) is 11.5. The fourth-order valence-corrected chi connectivity index (χ4v) is 2.38. The second kappa shape index (κ2) is 3.19. The van der Waals surface area contributed by atoms with Crippen LogP contribution in [0.3, 0.4) is 0 Å². The van der Waals surface area contributed by atoms with Gasteiger partial charge in [0.2, 0.25) is 0 Å². The molecule has 2 atom stereocenters. The minimum Gasteiger partial charge on any atom is -0.392 e. The molecule has 1 saturated heterocycles. The third kappa shape index (κ3) is 1.38. The van der Waals surface area contributed by atoms with Gasteiger partial charge in [-0.3, -0.25) is 0 Å². The summed E-state index contributed by atoms with van der Waals surface area (Å²) in [6.07, 6.45) is -0.398. The van der Waals surface area contributed by atoms with Gasteiger partial charge in [0.25, 0.3) is 0 Å². The van der Waals surface area contributed by atoms with E-state index < -0.39 is 17.2 Å². The molecule has 0 saturated carbocycles. The van der Waals surface area contributed by atoms with Crippen molar-refractivity contribution in [2.75, 3.05) is 0 Å². The highest BCUT2D eigenvalue weighted by atomic mass is 16.5. The number of hydrogen-bond acceptors (Lipinski definition) is 2. The van der Waals surface area contributed by atoms with Crippen LogP contribution in [-0.4, -0.2) is 27.4 Å². The summed E-state index contributed by atoms with van der Waals surface area (Å²) in [5, 5.41) is 23.4. The van der Waals surface area contributed by atoms with Gasteiger partial charge in [0.1, 0.15) is 0 Å². The molecule has 1 radical (unpaired) electrons. The monoisotopic (exact) mass is 200 g/mol. The fraction of sp³-hybridized carbons (Fsp3) is 1.00. The van der Waals surface area contributed by atoms with Crippen molar-refractivity contribution in [2.24, 2.45) is 11.8 Å². The van der Waals surface area contributed by atoms with E-state index in [0.29, 0.717) is 0 Å². The topological polar surface area (TPSA) is 43.4 Å². The Morgan fingerprint density at radius 1 is 1.00 bits per heavy atom. The number of aliphatic hydroxyl groups excluding tert-OH is 1. The number of piperidine rings is 1. The van der Waals surface area contributed by atoms with Crippen molar-refractivity contribution in [2.45, 2.75) is 58.7 Å². The van der Waals surface area contributed by atoms with Crippen LogP contribution in [0.5, 0.6) is 0 Å². The summed E-state index contributed by atoms with van der Waals surface area (Å²) in [5.41, 5.74) is -0.981. The fourth-order valence-electron chi connectivity index (χ4n) is 2.38. The van der Waals surface area contributed by atoms with Crippen LogP contribution in [0.2, 0.25) is 0 Å². The van der Waals surface area contributed by atoms with Crippen LogP contribution < -0.4 is 0 Å². The van der Waals surface area contributed by atoms with E-state index in [2.05, 4.69) is 0 Å². The second-order valence-corrected chi connectivity index (χ2v) is 5.67. The van der Waals surface area contributed by atoms with Crippen molar-refractivity contribution in [3.8, 4) is 0 Å². The van der Waals surface area contributed by atoms with Crippen LogP contribution in [0.4, 0.5) is 0 Å². The second-order valence-electron chi connectivity index (χ2n) is 5.67. The van der Waals surface area contributed by atoms with E-state index in [9.17, 15) is 10.3 Å². The number of aliphatic hydroxyl groups is 1.